The van der Waals surface area contributed by atoms with E-state index in [9.17, 15) is 0 Å². The topological polar surface area (TPSA) is 38.1 Å². The van der Waals surface area contributed by atoms with E-state index in [0.29, 0.717) is 6.04 Å². The molecule has 1 aliphatic heterocycles. The van der Waals surface area contributed by atoms with Crippen molar-refractivity contribution in [3.8, 4) is 0 Å². The minimum Gasteiger partial charge on any atom is -0.364 e. The smallest absolute Gasteiger partial charge is 0.128 e. The molecule has 0 fully saturated rings. The Balaban J connectivity index is 2.20. The lowest BCUT2D eigenvalue weighted by Crippen LogP contribution is -2.12. The first kappa shape index (κ1) is 5.68. The van der Waals surface area contributed by atoms with Crippen LogP contribution in [0, 0.1) is 0 Å². The Hall–Kier alpha value is -1.09. The Morgan fingerprint density at radius 1 is 1.70 bits per heavy atom. The van der Waals surface area contributed by atoms with Gasteiger partial charge in [0.1, 0.15) is 6.26 Å². The highest BCUT2D eigenvalue weighted by Crippen LogP contribution is 2.15. The zero-order chi connectivity index (χ0) is 6.81. The van der Waals surface area contributed by atoms with E-state index in [-0.39, 0.29) is 0 Å². The molecule has 1 atom stereocenters. The zero-order valence-electron chi connectivity index (χ0n) is 5.45. The van der Waals surface area contributed by atoms with Gasteiger partial charge in [0.25, 0.3) is 0 Å². The Morgan fingerprint density at radius 2 is 2.70 bits per heavy atom. The van der Waals surface area contributed by atoms with Crippen LogP contribution in [0.25, 0.3) is 0 Å². The van der Waals surface area contributed by atoms with Crippen LogP contribution in [-0.2, 0) is 0 Å². The predicted octanol–water partition coefficient (Wildman–Crippen LogP) is 0.875. The van der Waals surface area contributed by atoms with Gasteiger partial charge in [0, 0.05) is 12.1 Å². The van der Waals surface area contributed by atoms with E-state index < -0.39 is 0 Å². The standard InChI is InChI=1S/C7H8N2O/c1-2-7(8-3-1)6-4-9-10-5-6/h1-2,4-5,7-8H,3H2. The maximum absolute atomic E-state index is 4.70. The van der Waals surface area contributed by atoms with Crippen LogP contribution in [0.4, 0.5) is 0 Å². The Kier molecular flexibility index (Phi) is 1.29. The van der Waals surface area contributed by atoms with Gasteiger partial charge in [-0.05, 0) is 0 Å². The summed E-state index contributed by atoms with van der Waals surface area (Å²) in [6, 6.07) is 0.311. The molecule has 10 heavy (non-hydrogen) atoms. The molecule has 0 spiro atoms. The van der Waals surface area contributed by atoms with Crippen molar-refractivity contribution in [1.29, 1.82) is 0 Å². The van der Waals surface area contributed by atoms with E-state index in [2.05, 4.69) is 22.6 Å². The summed E-state index contributed by atoms with van der Waals surface area (Å²) in [7, 11) is 0. The molecule has 0 radical (unpaired) electrons. The molecule has 2 heterocycles. The van der Waals surface area contributed by atoms with Gasteiger partial charge in [0.05, 0.1) is 12.2 Å². The van der Waals surface area contributed by atoms with Gasteiger partial charge < -0.3 is 9.84 Å². The summed E-state index contributed by atoms with van der Waals surface area (Å²) in [6.45, 7) is 0.940. The highest BCUT2D eigenvalue weighted by atomic mass is 16.5. The third kappa shape index (κ3) is 0.844. The molecule has 52 valence electrons. The van der Waals surface area contributed by atoms with Gasteiger partial charge in [-0.2, -0.15) is 0 Å². The first-order valence-electron chi connectivity index (χ1n) is 3.26. The first-order chi connectivity index (χ1) is 4.97. The fourth-order valence-corrected chi connectivity index (χ4v) is 1.06. The van der Waals surface area contributed by atoms with Crippen LogP contribution in [0.1, 0.15) is 11.6 Å². The number of hydrogen-bond acceptors (Lipinski definition) is 3. The van der Waals surface area contributed by atoms with Gasteiger partial charge in [-0.15, -0.1) is 0 Å². The molecule has 0 aromatic carbocycles. The number of hydrogen-bond donors (Lipinski definition) is 1. The van der Waals surface area contributed by atoms with Crippen molar-refractivity contribution in [2.24, 2.45) is 0 Å². The number of nitrogens with one attached hydrogen (secondary N) is 1. The van der Waals surface area contributed by atoms with Crippen molar-refractivity contribution < 1.29 is 4.52 Å². The molecule has 2 rings (SSSR count). The van der Waals surface area contributed by atoms with Crippen LogP contribution in [0.3, 0.4) is 0 Å². The SMILES string of the molecule is C1=CC(c2cnoc2)NC1. The van der Waals surface area contributed by atoms with Crippen LogP contribution in [-0.4, -0.2) is 11.7 Å². The molecule has 0 aliphatic carbocycles. The van der Waals surface area contributed by atoms with Crippen molar-refractivity contribution in [2.75, 3.05) is 6.54 Å². The summed E-state index contributed by atoms with van der Waals surface area (Å²) >= 11 is 0. The van der Waals surface area contributed by atoms with Gasteiger partial charge in [-0.1, -0.05) is 17.3 Å². The van der Waals surface area contributed by atoms with Crippen molar-refractivity contribution in [3.63, 3.8) is 0 Å². The lowest BCUT2D eigenvalue weighted by atomic mass is 10.2. The third-order valence-corrected chi connectivity index (χ3v) is 1.59. The average Bonchev–Trinajstić information content (AvgIpc) is 2.59. The fourth-order valence-electron chi connectivity index (χ4n) is 1.06. The minimum absolute atomic E-state index is 0.311. The van der Waals surface area contributed by atoms with Crippen LogP contribution < -0.4 is 5.32 Å². The normalized spacial score (nSPS) is 23.8. The Bertz CT molecular complexity index is 228. The fraction of sp³-hybridized carbons (Fsp3) is 0.286. The molecule has 0 amide bonds. The van der Waals surface area contributed by atoms with Gasteiger partial charge >= 0.3 is 0 Å². The minimum atomic E-state index is 0.311. The molecular formula is C7H8N2O. The summed E-state index contributed by atoms with van der Waals surface area (Å²) < 4.78 is 4.70. The molecule has 0 bridgehead atoms. The maximum atomic E-state index is 4.70. The molecule has 1 aliphatic rings. The molecular weight excluding hydrogens is 128 g/mol. The summed E-state index contributed by atoms with van der Waals surface area (Å²) in [5.74, 6) is 0. The lowest BCUT2D eigenvalue weighted by Gasteiger charge is -2.02. The Morgan fingerprint density at radius 3 is 3.30 bits per heavy atom. The van der Waals surface area contributed by atoms with Crippen molar-refractivity contribution >= 4 is 0 Å². The second-order valence-corrected chi connectivity index (χ2v) is 2.27. The van der Waals surface area contributed by atoms with E-state index in [1.54, 1.807) is 12.5 Å². The molecule has 3 nitrogen and oxygen atoms in total. The van der Waals surface area contributed by atoms with Crippen molar-refractivity contribution in [2.45, 2.75) is 6.04 Å². The molecule has 3 heteroatoms. The molecule has 0 saturated heterocycles. The van der Waals surface area contributed by atoms with Crippen LogP contribution in [0.2, 0.25) is 0 Å². The monoisotopic (exact) mass is 136 g/mol. The molecule has 1 unspecified atom stereocenters. The van der Waals surface area contributed by atoms with Crippen LogP contribution >= 0.6 is 0 Å². The third-order valence-electron chi connectivity index (χ3n) is 1.59. The van der Waals surface area contributed by atoms with Crippen LogP contribution in [0.15, 0.2) is 29.1 Å². The van der Waals surface area contributed by atoms with E-state index in [4.69, 9.17) is 4.52 Å². The van der Waals surface area contributed by atoms with E-state index in [1.807, 2.05) is 0 Å². The summed E-state index contributed by atoms with van der Waals surface area (Å²) in [6.07, 6.45) is 7.59. The quantitative estimate of drug-likeness (QED) is 0.582. The first-order valence-corrected chi connectivity index (χ1v) is 3.26. The van der Waals surface area contributed by atoms with Gasteiger partial charge in [-0.3, -0.25) is 0 Å². The molecule has 0 saturated carbocycles. The maximum Gasteiger partial charge on any atom is 0.128 e. The number of rotatable bonds is 1. The highest BCUT2D eigenvalue weighted by molar-refractivity contribution is 5.18. The van der Waals surface area contributed by atoms with Crippen LogP contribution in [0.5, 0.6) is 0 Å². The second-order valence-electron chi connectivity index (χ2n) is 2.27. The number of nitrogens with zero attached hydrogens (tertiary/aromatic N) is 1. The molecule has 1 aromatic heterocycles. The van der Waals surface area contributed by atoms with Crippen molar-refractivity contribution in [3.05, 3.63) is 30.2 Å². The summed E-state index contributed by atoms with van der Waals surface area (Å²) in [5.41, 5.74) is 1.09. The largest absolute Gasteiger partial charge is 0.364 e. The zero-order valence-corrected chi connectivity index (χ0v) is 5.45. The van der Waals surface area contributed by atoms with Gasteiger partial charge in [0.2, 0.25) is 0 Å². The average molecular weight is 136 g/mol. The van der Waals surface area contributed by atoms with E-state index in [1.165, 1.54) is 0 Å². The summed E-state index contributed by atoms with van der Waals surface area (Å²) in [5, 5.41) is 6.87. The second kappa shape index (κ2) is 2.27. The lowest BCUT2D eigenvalue weighted by molar-refractivity contribution is 0.418. The summed E-state index contributed by atoms with van der Waals surface area (Å²) in [4.78, 5) is 0. The van der Waals surface area contributed by atoms with Gasteiger partial charge in [0.15, 0.2) is 0 Å². The van der Waals surface area contributed by atoms with E-state index >= 15 is 0 Å². The highest BCUT2D eigenvalue weighted by Gasteiger charge is 2.11. The number of aromatic nitrogens is 1. The Labute approximate surface area is 58.7 Å². The van der Waals surface area contributed by atoms with E-state index in [0.717, 1.165) is 12.1 Å². The van der Waals surface area contributed by atoms with Gasteiger partial charge in [-0.25, -0.2) is 0 Å². The molecule has 1 aromatic rings. The predicted molar refractivity (Wildman–Crippen MR) is 36.4 cm³/mol. The molecule has 1 N–H and O–H groups in total. The van der Waals surface area contributed by atoms with Crippen molar-refractivity contribution in [1.82, 2.24) is 10.5 Å².